The summed E-state index contributed by atoms with van der Waals surface area (Å²) in [7, 11) is 0. The molecule has 2 heterocycles. The number of hydrogen-bond acceptors (Lipinski definition) is 5. The first-order valence-electron chi connectivity index (χ1n) is 6.36. The van der Waals surface area contributed by atoms with Gasteiger partial charge < -0.3 is 10.4 Å². The molecule has 2 N–H and O–H groups in total. The molecule has 0 fully saturated rings. The lowest BCUT2D eigenvalue weighted by atomic mass is 10.2. The van der Waals surface area contributed by atoms with Gasteiger partial charge in [-0.05, 0) is 12.1 Å². The minimum absolute atomic E-state index is 0.247. The molecule has 0 unspecified atom stereocenters. The van der Waals surface area contributed by atoms with Gasteiger partial charge in [-0.3, -0.25) is 9.78 Å². The van der Waals surface area contributed by atoms with E-state index in [0.29, 0.717) is 11.2 Å². The van der Waals surface area contributed by atoms with Gasteiger partial charge in [0.05, 0.1) is 11.2 Å². The van der Waals surface area contributed by atoms with E-state index in [2.05, 4.69) is 20.3 Å². The van der Waals surface area contributed by atoms with E-state index in [1.807, 2.05) is 12.1 Å². The fourth-order valence-corrected chi connectivity index (χ4v) is 2.05. The van der Waals surface area contributed by atoms with Crippen LogP contribution in [0.1, 0.15) is 21.0 Å². The molecule has 0 radical (unpaired) electrons. The smallest absolute Gasteiger partial charge is 0.356 e. The molecule has 0 saturated heterocycles. The third-order valence-electron chi connectivity index (χ3n) is 3.00. The summed E-state index contributed by atoms with van der Waals surface area (Å²) in [5.74, 6) is -1.96. The van der Waals surface area contributed by atoms with Crippen LogP contribution in [0.4, 0.5) is 5.69 Å². The van der Waals surface area contributed by atoms with E-state index >= 15 is 0 Å². The van der Waals surface area contributed by atoms with E-state index in [-0.39, 0.29) is 5.69 Å². The predicted octanol–water partition coefficient (Wildman–Crippen LogP) is 1.98. The summed E-state index contributed by atoms with van der Waals surface area (Å²) in [6, 6.07) is 8.98. The van der Waals surface area contributed by atoms with Crippen LogP contribution in [0.25, 0.3) is 10.9 Å². The molecular formula is C15H10N4O3. The molecule has 0 bridgehead atoms. The van der Waals surface area contributed by atoms with Gasteiger partial charge in [-0.1, -0.05) is 18.2 Å². The Morgan fingerprint density at radius 1 is 0.909 bits per heavy atom. The van der Waals surface area contributed by atoms with Crippen LogP contribution in [-0.2, 0) is 0 Å². The number of rotatable bonds is 3. The number of fused-ring (bicyclic) bond motifs is 1. The number of anilines is 1. The molecule has 0 saturated carbocycles. The highest BCUT2D eigenvalue weighted by Gasteiger charge is 2.20. The number of nitrogens with zero attached hydrogens (tertiary/aromatic N) is 3. The Morgan fingerprint density at radius 3 is 2.41 bits per heavy atom. The van der Waals surface area contributed by atoms with Crippen LogP contribution in [-0.4, -0.2) is 31.9 Å². The Bertz CT molecular complexity index is 874. The van der Waals surface area contributed by atoms with E-state index in [1.165, 1.54) is 12.4 Å². The average Bonchev–Trinajstić information content (AvgIpc) is 2.55. The lowest BCUT2D eigenvalue weighted by Gasteiger charge is -2.08. The number of amides is 1. The number of benzene rings is 1. The molecule has 0 atom stereocenters. The van der Waals surface area contributed by atoms with Crippen molar-refractivity contribution in [3.8, 4) is 0 Å². The molecule has 2 aromatic heterocycles. The third-order valence-corrected chi connectivity index (χ3v) is 3.00. The summed E-state index contributed by atoms with van der Waals surface area (Å²) in [6.07, 6.45) is 4.10. The first-order chi connectivity index (χ1) is 10.7. The second kappa shape index (κ2) is 5.57. The van der Waals surface area contributed by atoms with Crippen molar-refractivity contribution in [2.75, 3.05) is 5.32 Å². The third kappa shape index (κ3) is 2.47. The Morgan fingerprint density at radius 2 is 1.64 bits per heavy atom. The Labute approximate surface area is 124 Å². The maximum absolute atomic E-state index is 12.3. The molecule has 108 valence electrons. The zero-order valence-corrected chi connectivity index (χ0v) is 11.2. The van der Waals surface area contributed by atoms with Gasteiger partial charge >= 0.3 is 5.97 Å². The standard InChI is InChI=1S/C15H10N4O3/c20-14(12-13(15(21)22)18-8-7-17-12)19-10-5-1-3-9-4-2-6-16-11(9)10/h1-8H,(H,19,20)(H,21,22). The summed E-state index contributed by atoms with van der Waals surface area (Å²) in [5.41, 5.74) is 0.445. The summed E-state index contributed by atoms with van der Waals surface area (Å²) >= 11 is 0. The molecular weight excluding hydrogens is 284 g/mol. The number of para-hydroxylation sites is 1. The molecule has 1 amide bonds. The second-order valence-electron chi connectivity index (χ2n) is 4.39. The Kier molecular flexibility index (Phi) is 3.45. The topological polar surface area (TPSA) is 105 Å². The number of carboxylic acids is 1. The number of carboxylic acid groups (broad SMARTS) is 1. The van der Waals surface area contributed by atoms with Gasteiger partial charge in [0.25, 0.3) is 5.91 Å². The number of carbonyl (C=O) groups is 2. The number of aromatic nitrogens is 3. The van der Waals surface area contributed by atoms with Crippen molar-refractivity contribution in [1.29, 1.82) is 0 Å². The second-order valence-corrected chi connectivity index (χ2v) is 4.39. The van der Waals surface area contributed by atoms with Gasteiger partial charge in [0.2, 0.25) is 0 Å². The van der Waals surface area contributed by atoms with Crippen LogP contribution >= 0.6 is 0 Å². The molecule has 22 heavy (non-hydrogen) atoms. The number of carbonyl (C=O) groups excluding carboxylic acids is 1. The van der Waals surface area contributed by atoms with Crippen molar-refractivity contribution in [2.24, 2.45) is 0 Å². The molecule has 3 rings (SSSR count). The molecule has 0 aliphatic heterocycles. The van der Waals surface area contributed by atoms with Crippen LogP contribution in [0.15, 0.2) is 48.9 Å². The van der Waals surface area contributed by atoms with Crippen LogP contribution in [0.3, 0.4) is 0 Å². The Hall–Kier alpha value is -3.35. The molecule has 7 nitrogen and oxygen atoms in total. The molecule has 7 heteroatoms. The van der Waals surface area contributed by atoms with Gasteiger partial charge in [0, 0.05) is 24.0 Å². The van der Waals surface area contributed by atoms with Crippen molar-refractivity contribution in [3.05, 3.63) is 60.3 Å². The Balaban J connectivity index is 1.99. The number of nitrogens with one attached hydrogen (secondary N) is 1. The van der Waals surface area contributed by atoms with Crippen molar-refractivity contribution in [2.45, 2.75) is 0 Å². The van der Waals surface area contributed by atoms with E-state index < -0.39 is 17.6 Å². The zero-order valence-electron chi connectivity index (χ0n) is 11.2. The van der Waals surface area contributed by atoms with E-state index in [9.17, 15) is 9.59 Å². The number of aromatic carboxylic acids is 1. The SMILES string of the molecule is O=C(O)c1nccnc1C(=O)Nc1cccc2cccnc12. The van der Waals surface area contributed by atoms with Gasteiger partial charge in [-0.15, -0.1) is 0 Å². The van der Waals surface area contributed by atoms with Crippen LogP contribution < -0.4 is 5.32 Å². The largest absolute Gasteiger partial charge is 0.476 e. The van der Waals surface area contributed by atoms with E-state index in [4.69, 9.17) is 5.11 Å². The predicted molar refractivity (Wildman–Crippen MR) is 78.7 cm³/mol. The van der Waals surface area contributed by atoms with Crippen LogP contribution in [0.5, 0.6) is 0 Å². The van der Waals surface area contributed by atoms with Crippen LogP contribution in [0, 0.1) is 0 Å². The molecule has 1 aromatic carbocycles. The summed E-state index contributed by atoms with van der Waals surface area (Å²) in [4.78, 5) is 35.1. The fraction of sp³-hybridized carbons (Fsp3) is 0. The van der Waals surface area contributed by atoms with Crippen molar-refractivity contribution in [3.63, 3.8) is 0 Å². The van der Waals surface area contributed by atoms with Gasteiger partial charge in [-0.25, -0.2) is 14.8 Å². The minimum atomic E-state index is -1.31. The maximum atomic E-state index is 12.3. The lowest BCUT2D eigenvalue weighted by Crippen LogP contribution is -2.19. The highest BCUT2D eigenvalue weighted by atomic mass is 16.4. The first-order valence-corrected chi connectivity index (χ1v) is 6.36. The highest BCUT2D eigenvalue weighted by molar-refractivity contribution is 6.11. The maximum Gasteiger partial charge on any atom is 0.356 e. The quantitative estimate of drug-likeness (QED) is 0.765. The zero-order chi connectivity index (χ0) is 15.5. The summed E-state index contributed by atoms with van der Waals surface area (Å²) < 4.78 is 0. The fourth-order valence-electron chi connectivity index (χ4n) is 2.05. The van der Waals surface area contributed by atoms with Crippen molar-refractivity contribution >= 4 is 28.5 Å². The lowest BCUT2D eigenvalue weighted by molar-refractivity contribution is 0.0685. The van der Waals surface area contributed by atoms with Gasteiger partial charge in [0.1, 0.15) is 0 Å². The summed E-state index contributed by atoms with van der Waals surface area (Å²) in [5, 5.41) is 12.5. The monoisotopic (exact) mass is 294 g/mol. The number of pyridine rings is 1. The molecule has 0 aliphatic carbocycles. The van der Waals surface area contributed by atoms with Crippen LogP contribution in [0.2, 0.25) is 0 Å². The van der Waals surface area contributed by atoms with Crippen molar-refractivity contribution in [1.82, 2.24) is 15.0 Å². The van der Waals surface area contributed by atoms with E-state index in [1.54, 1.807) is 24.4 Å². The summed E-state index contributed by atoms with van der Waals surface area (Å²) in [6.45, 7) is 0. The van der Waals surface area contributed by atoms with Crippen molar-refractivity contribution < 1.29 is 14.7 Å². The first kappa shape index (κ1) is 13.6. The number of hydrogen-bond donors (Lipinski definition) is 2. The molecule has 0 aliphatic rings. The normalized spacial score (nSPS) is 10.4. The highest BCUT2D eigenvalue weighted by Crippen LogP contribution is 2.21. The average molecular weight is 294 g/mol. The van der Waals surface area contributed by atoms with Gasteiger partial charge in [0.15, 0.2) is 11.4 Å². The molecule has 0 spiro atoms. The minimum Gasteiger partial charge on any atom is -0.476 e. The van der Waals surface area contributed by atoms with Gasteiger partial charge in [-0.2, -0.15) is 0 Å². The van der Waals surface area contributed by atoms with E-state index in [0.717, 1.165) is 5.39 Å². The molecule has 3 aromatic rings.